The molecule has 1 aromatic carbocycles. The molecule has 8 heteroatoms. The van der Waals surface area contributed by atoms with E-state index in [0.717, 1.165) is 11.2 Å². The topological polar surface area (TPSA) is 60.0 Å². The summed E-state index contributed by atoms with van der Waals surface area (Å²) in [6.07, 6.45) is 0.914. The fraction of sp³-hybridized carbons (Fsp3) is 0.333. The maximum Gasteiger partial charge on any atom is 0.206 e. The van der Waals surface area contributed by atoms with Gasteiger partial charge in [0, 0.05) is 25.4 Å². The van der Waals surface area contributed by atoms with E-state index in [0.29, 0.717) is 42.5 Å². The minimum atomic E-state index is -1.01. The first-order chi connectivity index (χ1) is 12.5. The van der Waals surface area contributed by atoms with Gasteiger partial charge in [-0.1, -0.05) is 11.6 Å². The van der Waals surface area contributed by atoms with Gasteiger partial charge in [0.1, 0.15) is 12.0 Å². The van der Waals surface area contributed by atoms with Crippen molar-refractivity contribution in [1.82, 2.24) is 14.5 Å². The third-order valence-electron chi connectivity index (χ3n) is 4.65. The molecule has 26 heavy (non-hydrogen) atoms. The molecule has 2 atom stereocenters. The summed E-state index contributed by atoms with van der Waals surface area (Å²) < 4.78 is 29.4. The van der Waals surface area contributed by atoms with Gasteiger partial charge in [-0.2, -0.15) is 0 Å². The summed E-state index contributed by atoms with van der Waals surface area (Å²) >= 11 is 5.91. The van der Waals surface area contributed by atoms with Gasteiger partial charge in [0.25, 0.3) is 0 Å². The van der Waals surface area contributed by atoms with Crippen LogP contribution in [-0.4, -0.2) is 39.8 Å². The highest BCUT2D eigenvalue weighted by molar-refractivity contribution is 6.30. The molecule has 3 heterocycles. The number of rotatable bonds is 3. The average Bonchev–Trinajstić information content (AvgIpc) is 2.97. The molecule has 1 fully saturated rings. The van der Waals surface area contributed by atoms with Gasteiger partial charge in [0.2, 0.25) is 5.95 Å². The quantitative estimate of drug-likeness (QED) is 0.761. The predicted molar refractivity (Wildman–Crippen MR) is 97.7 cm³/mol. The number of pyridine rings is 1. The van der Waals surface area contributed by atoms with Crippen LogP contribution in [0.4, 0.5) is 14.7 Å². The predicted octanol–water partition coefficient (Wildman–Crippen LogP) is 3.15. The van der Waals surface area contributed by atoms with Crippen molar-refractivity contribution in [2.75, 3.05) is 18.0 Å². The van der Waals surface area contributed by atoms with Crippen molar-refractivity contribution in [3.8, 4) is 0 Å². The molecule has 0 radical (unpaired) electrons. The molecule has 4 rings (SSSR count). The third kappa shape index (κ3) is 3.24. The number of benzene rings is 1. The lowest BCUT2D eigenvalue weighted by molar-refractivity contribution is 0.243. The number of halogens is 3. The Balaban J connectivity index is 1.76. The van der Waals surface area contributed by atoms with Crippen molar-refractivity contribution >= 4 is 28.6 Å². The van der Waals surface area contributed by atoms with E-state index in [9.17, 15) is 8.78 Å². The monoisotopic (exact) mass is 377 g/mol. The van der Waals surface area contributed by atoms with E-state index in [-0.39, 0.29) is 5.82 Å². The summed E-state index contributed by atoms with van der Waals surface area (Å²) in [5.74, 6) is 0.294. The zero-order valence-corrected chi connectivity index (χ0v) is 14.7. The van der Waals surface area contributed by atoms with Crippen LogP contribution in [0.5, 0.6) is 0 Å². The summed E-state index contributed by atoms with van der Waals surface area (Å²) in [7, 11) is 0. The van der Waals surface area contributed by atoms with Crippen molar-refractivity contribution in [3.63, 3.8) is 0 Å². The first-order valence-electron chi connectivity index (χ1n) is 8.42. The molecule has 0 saturated carbocycles. The molecule has 136 valence electrons. The lowest BCUT2D eigenvalue weighted by atomic mass is 10.1. The second kappa shape index (κ2) is 6.81. The van der Waals surface area contributed by atoms with Gasteiger partial charge >= 0.3 is 0 Å². The molecule has 2 aromatic heterocycles. The second-order valence-corrected chi connectivity index (χ2v) is 6.95. The number of nitrogens with two attached hydrogens (primary N) is 1. The van der Waals surface area contributed by atoms with E-state index in [1.165, 1.54) is 12.1 Å². The molecule has 0 spiro atoms. The summed E-state index contributed by atoms with van der Waals surface area (Å²) in [6.45, 7) is 1.31. The molecule has 0 amide bonds. The fourth-order valence-electron chi connectivity index (χ4n) is 3.28. The first kappa shape index (κ1) is 17.2. The van der Waals surface area contributed by atoms with Crippen LogP contribution in [0.2, 0.25) is 5.02 Å². The van der Waals surface area contributed by atoms with Gasteiger partial charge in [-0.3, -0.25) is 4.98 Å². The average molecular weight is 378 g/mol. The van der Waals surface area contributed by atoms with Crippen LogP contribution in [0.3, 0.4) is 0 Å². The zero-order chi connectivity index (χ0) is 18.3. The lowest BCUT2D eigenvalue weighted by Gasteiger charge is -2.34. The van der Waals surface area contributed by atoms with Gasteiger partial charge in [-0.05, 0) is 30.7 Å². The molecule has 1 unspecified atom stereocenters. The van der Waals surface area contributed by atoms with E-state index >= 15 is 0 Å². The normalized spacial score (nSPS) is 20.7. The van der Waals surface area contributed by atoms with Crippen molar-refractivity contribution in [2.45, 2.75) is 25.2 Å². The number of alkyl halides is 1. The molecule has 1 aliphatic rings. The van der Waals surface area contributed by atoms with Crippen LogP contribution < -0.4 is 10.6 Å². The van der Waals surface area contributed by atoms with Gasteiger partial charge in [-0.15, -0.1) is 0 Å². The van der Waals surface area contributed by atoms with Gasteiger partial charge in [0.15, 0.2) is 0 Å². The molecule has 2 N–H and O–H groups in total. The Kier molecular flexibility index (Phi) is 4.50. The number of aromatic nitrogens is 3. The van der Waals surface area contributed by atoms with Crippen molar-refractivity contribution < 1.29 is 8.78 Å². The summed E-state index contributed by atoms with van der Waals surface area (Å²) in [5.41, 5.74) is 8.03. The standard InChI is InChI=1S/C18H18ClF2N5/c19-11-1-3-13(23-8-11)9-26-17-4-2-12(20)7-16(17)24-18(26)25-6-5-14(21)15(22)10-25/h1-4,7-8,14-15H,5-6,9-10,22H2/t14?,15-/m1/s1. The third-order valence-corrected chi connectivity index (χ3v) is 4.88. The Morgan fingerprint density at radius 1 is 1.27 bits per heavy atom. The molecule has 0 bridgehead atoms. The second-order valence-electron chi connectivity index (χ2n) is 6.51. The number of hydrogen-bond acceptors (Lipinski definition) is 4. The van der Waals surface area contributed by atoms with Crippen LogP contribution in [-0.2, 0) is 6.54 Å². The maximum absolute atomic E-state index is 13.8. The van der Waals surface area contributed by atoms with Crippen LogP contribution in [0, 0.1) is 5.82 Å². The Labute approximate surface area is 154 Å². The molecular weight excluding hydrogens is 360 g/mol. The SMILES string of the molecule is N[C@@H]1CN(c2nc3cc(F)ccc3n2Cc2ccc(Cl)cn2)CCC1F. The molecule has 1 saturated heterocycles. The highest BCUT2D eigenvalue weighted by atomic mass is 35.5. The molecule has 1 aliphatic heterocycles. The highest BCUT2D eigenvalue weighted by Gasteiger charge is 2.29. The van der Waals surface area contributed by atoms with E-state index in [4.69, 9.17) is 17.3 Å². The molecule has 3 aromatic rings. The Hall–Kier alpha value is -2.25. The van der Waals surface area contributed by atoms with Crippen LogP contribution in [0.1, 0.15) is 12.1 Å². The number of anilines is 1. The number of fused-ring (bicyclic) bond motifs is 1. The van der Waals surface area contributed by atoms with Crippen LogP contribution in [0.15, 0.2) is 36.5 Å². The number of nitrogens with zero attached hydrogens (tertiary/aromatic N) is 4. The minimum absolute atomic E-state index is 0.345. The highest BCUT2D eigenvalue weighted by Crippen LogP contribution is 2.27. The lowest BCUT2D eigenvalue weighted by Crippen LogP contribution is -2.50. The number of hydrogen-bond donors (Lipinski definition) is 1. The summed E-state index contributed by atoms with van der Waals surface area (Å²) in [5, 5.41) is 0.558. The van der Waals surface area contributed by atoms with E-state index in [1.807, 2.05) is 15.5 Å². The fourth-order valence-corrected chi connectivity index (χ4v) is 3.40. The van der Waals surface area contributed by atoms with Gasteiger partial charge in [-0.25, -0.2) is 13.8 Å². The summed E-state index contributed by atoms with van der Waals surface area (Å²) in [6, 6.07) is 7.53. The maximum atomic E-state index is 13.8. The summed E-state index contributed by atoms with van der Waals surface area (Å²) in [4.78, 5) is 10.9. The molecule has 0 aliphatic carbocycles. The van der Waals surface area contributed by atoms with Crippen LogP contribution >= 0.6 is 11.6 Å². The Morgan fingerprint density at radius 2 is 2.12 bits per heavy atom. The van der Waals surface area contributed by atoms with Crippen LogP contribution in [0.25, 0.3) is 11.0 Å². The zero-order valence-electron chi connectivity index (χ0n) is 13.9. The van der Waals surface area contributed by atoms with Crippen molar-refractivity contribution in [3.05, 3.63) is 53.1 Å². The minimum Gasteiger partial charge on any atom is -0.340 e. The van der Waals surface area contributed by atoms with Crippen molar-refractivity contribution in [1.29, 1.82) is 0 Å². The number of imidazole rings is 1. The van der Waals surface area contributed by atoms with E-state index in [2.05, 4.69) is 9.97 Å². The van der Waals surface area contributed by atoms with Gasteiger partial charge in [0.05, 0.1) is 34.3 Å². The molecular formula is C18H18ClF2N5. The first-order valence-corrected chi connectivity index (χ1v) is 8.80. The molecule has 5 nitrogen and oxygen atoms in total. The van der Waals surface area contributed by atoms with Crippen molar-refractivity contribution in [2.24, 2.45) is 5.73 Å². The smallest absolute Gasteiger partial charge is 0.206 e. The largest absolute Gasteiger partial charge is 0.340 e. The van der Waals surface area contributed by atoms with Gasteiger partial charge < -0.3 is 15.2 Å². The Bertz CT molecular complexity index is 927. The number of piperidine rings is 1. The van der Waals surface area contributed by atoms with E-state index < -0.39 is 12.2 Å². The van der Waals surface area contributed by atoms with E-state index in [1.54, 1.807) is 18.3 Å². The Morgan fingerprint density at radius 3 is 2.85 bits per heavy atom.